The van der Waals surface area contributed by atoms with Gasteiger partial charge in [-0.15, -0.1) is 5.10 Å². The van der Waals surface area contributed by atoms with Crippen molar-refractivity contribution in [3.8, 4) is 11.5 Å². The number of amides is 1. The molecule has 1 aromatic carbocycles. The molecule has 1 N–H and O–H groups in total. The number of nitrogens with zero attached hydrogens (tertiary/aromatic N) is 4. The lowest BCUT2D eigenvalue weighted by Crippen LogP contribution is -2.28. The Morgan fingerprint density at radius 1 is 1.22 bits per heavy atom. The fourth-order valence-electron chi connectivity index (χ4n) is 3.64. The van der Waals surface area contributed by atoms with Crippen molar-refractivity contribution in [1.29, 1.82) is 0 Å². The van der Waals surface area contributed by atoms with E-state index in [4.69, 9.17) is 9.47 Å². The van der Waals surface area contributed by atoms with Crippen LogP contribution >= 0.6 is 11.8 Å². The van der Waals surface area contributed by atoms with Crippen LogP contribution in [0.4, 0.5) is 0 Å². The van der Waals surface area contributed by atoms with E-state index in [-0.39, 0.29) is 17.7 Å². The largest absolute Gasteiger partial charge is 0.497 e. The first-order valence-electron chi connectivity index (χ1n) is 10.7. The number of ether oxygens (including phenoxy) is 2. The lowest BCUT2D eigenvalue weighted by molar-refractivity contribution is -0.119. The Morgan fingerprint density at radius 3 is 2.69 bits per heavy atom. The van der Waals surface area contributed by atoms with Gasteiger partial charge in [0.1, 0.15) is 11.5 Å². The standard InChI is InChI=1S/C23H31N5O3S/c1-7-8-9-18-14(2)25-22-26-23(27-28(22)16(18)4)32-13-21(29)24-15(3)19-12-17(30-5)10-11-20(19)31-6/h10-12,15H,7-9,13H2,1-6H3,(H,24,29). The zero-order chi connectivity index (χ0) is 23.3. The number of carbonyl (C=O) groups is 1. The van der Waals surface area contributed by atoms with Gasteiger partial charge in [-0.2, -0.15) is 4.98 Å². The van der Waals surface area contributed by atoms with Gasteiger partial charge in [0.15, 0.2) is 0 Å². The first kappa shape index (κ1) is 23.8. The Balaban J connectivity index is 1.68. The van der Waals surface area contributed by atoms with E-state index < -0.39 is 0 Å². The number of carbonyl (C=O) groups excluding carboxylic acids is 1. The number of unbranched alkanes of at least 4 members (excludes halogenated alkanes) is 1. The lowest BCUT2D eigenvalue weighted by atomic mass is 10.1. The van der Waals surface area contributed by atoms with Crippen LogP contribution in [0.3, 0.4) is 0 Å². The third-order valence-electron chi connectivity index (χ3n) is 5.42. The monoisotopic (exact) mass is 457 g/mol. The van der Waals surface area contributed by atoms with Crippen molar-refractivity contribution in [2.45, 2.75) is 58.2 Å². The minimum Gasteiger partial charge on any atom is -0.497 e. The number of aromatic nitrogens is 4. The molecule has 0 aliphatic rings. The molecular weight excluding hydrogens is 426 g/mol. The average molecular weight is 458 g/mol. The van der Waals surface area contributed by atoms with E-state index in [1.54, 1.807) is 18.7 Å². The molecule has 2 heterocycles. The maximum atomic E-state index is 12.6. The molecule has 172 valence electrons. The number of fused-ring (bicyclic) bond motifs is 1. The highest BCUT2D eigenvalue weighted by Gasteiger charge is 2.17. The van der Waals surface area contributed by atoms with E-state index in [0.717, 1.165) is 36.2 Å². The van der Waals surface area contributed by atoms with Crippen LogP contribution < -0.4 is 14.8 Å². The van der Waals surface area contributed by atoms with Gasteiger partial charge in [0, 0.05) is 17.0 Å². The third-order valence-corrected chi connectivity index (χ3v) is 6.26. The van der Waals surface area contributed by atoms with Gasteiger partial charge in [-0.05, 0) is 57.4 Å². The third kappa shape index (κ3) is 5.32. The highest BCUT2D eigenvalue weighted by atomic mass is 32.2. The fourth-order valence-corrected chi connectivity index (χ4v) is 4.26. The van der Waals surface area contributed by atoms with Crippen LogP contribution in [0.25, 0.3) is 5.78 Å². The maximum Gasteiger partial charge on any atom is 0.253 e. The van der Waals surface area contributed by atoms with Crippen molar-refractivity contribution in [2.75, 3.05) is 20.0 Å². The Morgan fingerprint density at radius 2 is 2.00 bits per heavy atom. The first-order valence-corrected chi connectivity index (χ1v) is 11.7. The topological polar surface area (TPSA) is 90.6 Å². The Bertz CT molecular complexity index is 1100. The molecule has 3 rings (SSSR count). The quantitative estimate of drug-likeness (QED) is 0.459. The molecule has 1 unspecified atom stereocenters. The predicted octanol–water partition coefficient (Wildman–Crippen LogP) is 4.07. The summed E-state index contributed by atoms with van der Waals surface area (Å²) in [5.74, 6) is 2.06. The summed E-state index contributed by atoms with van der Waals surface area (Å²) in [5.41, 5.74) is 4.13. The van der Waals surface area contributed by atoms with Crippen LogP contribution in [0.5, 0.6) is 11.5 Å². The van der Waals surface area contributed by atoms with Gasteiger partial charge in [-0.3, -0.25) is 4.79 Å². The van der Waals surface area contributed by atoms with E-state index in [1.165, 1.54) is 17.3 Å². The first-order chi connectivity index (χ1) is 15.4. The number of hydrogen-bond acceptors (Lipinski definition) is 7. The molecule has 9 heteroatoms. The SMILES string of the molecule is CCCCc1c(C)nc2nc(SCC(=O)NC(C)c3cc(OC)ccc3OC)nn2c1C. The number of thioether (sulfide) groups is 1. The molecule has 0 aliphatic heterocycles. The molecule has 0 aliphatic carbocycles. The van der Waals surface area contributed by atoms with E-state index in [0.29, 0.717) is 22.4 Å². The van der Waals surface area contributed by atoms with Gasteiger partial charge in [0.25, 0.3) is 5.78 Å². The zero-order valence-electron chi connectivity index (χ0n) is 19.6. The van der Waals surface area contributed by atoms with Gasteiger partial charge in [-0.1, -0.05) is 25.1 Å². The van der Waals surface area contributed by atoms with Crippen LogP contribution in [-0.2, 0) is 11.2 Å². The van der Waals surface area contributed by atoms with Gasteiger partial charge >= 0.3 is 0 Å². The molecule has 0 saturated carbocycles. The summed E-state index contributed by atoms with van der Waals surface area (Å²) in [4.78, 5) is 21.7. The number of hydrogen-bond donors (Lipinski definition) is 1. The van der Waals surface area contributed by atoms with Crippen molar-refractivity contribution in [2.24, 2.45) is 0 Å². The van der Waals surface area contributed by atoms with Gasteiger partial charge < -0.3 is 14.8 Å². The molecule has 0 radical (unpaired) electrons. The molecular formula is C23H31N5O3S. The van der Waals surface area contributed by atoms with Crippen LogP contribution in [0.15, 0.2) is 23.4 Å². The summed E-state index contributed by atoms with van der Waals surface area (Å²) < 4.78 is 12.5. The fraction of sp³-hybridized carbons (Fsp3) is 0.478. The second-order valence-corrected chi connectivity index (χ2v) is 8.60. The van der Waals surface area contributed by atoms with Crippen molar-refractivity contribution in [3.05, 3.63) is 40.7 Å². The number of benzene rings is 1. The Labute approximate surface area is 193 Å². The molecule has 32 heavy (non-hydrogen) atoms. The Hall–Kier alpha value is -2.81. The lowest BCUT2D eigenvalue weighted by Gasteiger charge is -2.18. The van der Waals surface area contributed by atoms with Gasteiger partial charge in [0.05, 0.1) is 26.0 Å². The molecule has 0 bridgehead atoms. The molecule has 0 saturated heterocycles. The molecule has 0 spiro atoms. The number of rotatable bonds is 10. The highest BCUT2D eigenvalue weighted by Crippen LogP contribution is 2.29. The summed E-state index contributed by atoms with van der Waals surface area (Å²) in [6.45, 7) is 8.15. The maximum absolute atomic E-state index is 12.6. The summed E-state index contributed by atoms with van der Waals surface area (Å²) in [7, 11) is 3.22. The van der Waals surface area contributed by atoms with Crippen molar-refractivity contribution < 1.29 is 14.3 Å². The summed E-state index contributed by atoms with van der Waals surface area (Å²) >= 11 is 1.30. The predicted molar refractivity (Wildman–Crippen MR) is 126 cm³/mol. The molecule has 1 atom stereocenters. The molecule has 8 nitrogen and oxygen atoms in total. The summed E-state index contributed by atoms with van der Waals surface area (Å²) in [5, 5.41) is 8.11. The van der Waals surface area contributed by atoms with Gasteiger partial charge in [0.2, 0.25) is 11.1 Å². The number of aryl methyl sites for hydroxylation is 2. The smallest absolute Gasteiger partial charge is 0.253 e. The molecule has 3 aromatic rings. The molecule has 1 amide bonds. The molecule has 2 aromatic heterocycles. The van der Waals surface area contributed by atoms with Gasteiger partial charge in [-0.25, -0.2) is 9.50 Å². The second kappa shape index (κ2) is 10.7. The summed E-state index contributed by atoms with van der Waals surface area (Å²) in [6, 6.07) is 5.29. The van der Waals surface area contributed by atoms with E-state index in [1.807, 2.05) is 39.0 Å². The van der Waals surface area contributed by atoms with Crippen LogP contribution in [0.2, 0.25) is 0 Å². The van der Waals surface area contributed by atoms with Crippen LogP contribution in [0.1, 0.15) is 55.2 Å². The minimum atomic E-state index is -0.241. The second-order valence-electron chi connectivity index (χ2n) is 7.66. The van der Waals surface area contributed by atoms with E-state index in [9.17, 15) is 4.79 Å². The summed E-state index contributed by atoms with van der Waals surface area (Å²) in [6.07, 6.45) is 3.22. The Kier molecular flexibility index (Phi) is 7.95. The number of nitrogens with one attached hydrogen (secondary N) is 1. The van der Waals surface area contributed by atoms with E-state index >= 15 is 0 Å². The van der Waals surface area contributed by atoms with Crippen molar-refractivity contribution in [1.82, 2.24) is 24.9 Å². The van der Waals surface area contributed by atoms with Crippen molar-refractivity contribution in [3.63, 3.8) is 0 Å². The van der Waals surface area contributed by atoms with Crippen LogP contribution in [-0.4, -0.2) is 45.5 Å². The average Bonchev–Trinajstić information content (AvgIpc) is 3.20. The number of methoxy groups -OCH3 is 2. The minimum absolute atomic E-state index is 0.115. The zero-order valence-corrected chi connectivity index (χ0v) is 20.4. The highest BCUT2D eigenvalue weighted by molar-refractivity contribution is 7.99. The molecule has 0 fully saturated rings. The van der Waals surface area contributed by atoms with Crippen molar-refractivity contribution >= 4 is 23.4 Å². The van der Waals surface area contributed by atoms with Crippen LogP contribution in [0, 0.1) is 13.8 Å². The normalized spacial score (nSPS) is 12.1. The van der Waals surface area contributed by atoms with E-state index in [2.05, 4.69) is 27.3 Å².